The number of hydrogen-bond acceptors (Lipinski definition) is 3. The fourth-order valence-corrected chi connectivity index (χ4v) is 2.63. The Balaban J connectivity index is 1.83. The van der Waals surface area contributed by atoms with Crippen molar-refractivity contribution >= 4 is 22.6 Å². The number of amides is 1. The molecule has 0 saturated heterocycles. The zero-order valence-corrected chi connectivity index (χ0v) is 12.3. The van der Waals surface area contributed by atoms with E-state index in [1.54, 1.807) is 30.3 Å². The summed E-state index contributed by atoms with van der Waals surface area (Å²) in [7, 11) is 0. The number of aromatic hydroxyl groups is 2. The molecular weight excluding hydrogens is 306 g/mol. The number of para-hydroxylation sites is 1. The van der Waals surface area contributed by atoms with Crippen LogP contribution in [-0.4, -0.2) is 22.1 Å². The normalized spacial score (nSPS) is 14.2. The molecule has 0 atom stereocenters. The molecule has 2 N–H and O–H groups in total. The van der Waals surface area contributed by atoms with E-state index < -0.39 is 5.91 Å². The highest BCUT2D eigenvalue weighted by atomic mass is 16.3. The van der Waals surface area contributed by atoms with Gasteiger partial charge >= 0.3 is 0 Å². The number of nitrogens with zero attached hydrogens (tertiary/aromatic N) is 3. The molecule has 1 amide bonds. The van der Waals surface area contributed by atoms with Gasteiger partial charge in [0, 0.05) is 0 Å². The average Bonchev–Trinajstić information content (AvgIpc) is 2.98. The number of hydrogen-bond donors (Lipinski definition) is 2. The Morgan fingerprint density at radius 1 is 0.958 bits per heavy atom. The number of phenolic OH excluding ortho intramolecular Hbond substituents is 2. The topological polar surface area (TPSA) is 94.6 Å². The van der Waals surface area contributed by atoms with Gasteiger partial charge in [-0.1, -0.05) is 30.3 Å². The number of guanidine groups is 1. The molecule has 24 heavy (non-hydrogen) atoms. The zero-order valence-electron chi connectivity index (χ0n) is 12.3. The molecule has 1 aliphatic rings. The smallest absolute Gasteiger partial charge is 0.281 e. The number of carbonyl (C=O) groups is 1. The first-order valence-electron chi connectivity index (χ1n) is 7.22. The van der Waals surface area contributed by atoms with Crippen LogP contribution in [0.1, 0.15) is 10.4 Å². The highest BCUT2D eigenvalue weighted by molar-refractivity contribution is 6.11. The van der Waals surface area contributed by atoms with Crippen LogP contribution in [0.5, 0.6) is 11.5 Å². The van der Waals surface area contributed by atoms with Crippen molar-refractivity contribution in [3.63, 3.8) is 0 Å². The maximum atomic E-state index is 12.5. The van der Waals surface area contributed by atoms with Crippen molar-refractivity contribution in [2.45, 2.75) is 0 Å². The van der Waals surface area contributed by atoms with Crippen LogP contribution in [-0.2, 0) is 0 Å². The van der Waals surface area contributed by atoms with Crippen LogP contribution in [0.2, 0.25) is 0 Å². The summed E-state index contributed by atoms with van der Waals surface area (Å²) in [5.74, 6) is -0.615. The van der Waals surface area contributed by atoms with Crippen LogP contribution in [0.25, 0.3) is 10.8 Å². The highest BCUT2D eigenvalue weighted by Crippen LogP contribution is 2.25. The minimum absolute atomic E-state index is 0.0153. The van der Waals surface area contributed by atoms with E-state index in [4.69, 9.17) is 0 Å². The first-order chi connectivity index (χ1) is 11.6. The fourth-order valence-electron chi connectivity index (χ4n) is 2.63. The molecule has 3 aromatic carbocycles. The Morgan fingerprint density at radius 3 is 2.62 bits per heavy atom. The third-order valence-corrected chi connectivity index (χ3v) is 3.70. The van der Waals surface area contributed by atoms with Gasteiger partial charge in [-0.25, -0.2) is 9.98 Å². The van der Waals surface area contributed by atoms with E-state index in [0.29, 0.717) is 16.1 Å². The molecule has 0 aliphatic carbocycles. The Bertz CT molecular complexity index is 1150. The lowest BCUT2D eigenvalue weighted by Crippen LogP contribution is -2.20. The molecule has 4 rings (SSSR count). The van der Waals surface area contributed by atoms with E-state index in [1.807, 2.05) is 12.1 Å². The van der Waals surface area contributed by atoms with Crippen LogP contribution < -0.4 is 10.7 Å². The molecule has 6 nitrogen and oxygen atoms in total. The SMILES string of the molecule is O=C(N=C1N=c2cccc(O)c2=N1)c1cc(O)cc2ccccc12. The van der Waals surface area contributed by atoms with Crippen molar-refractivity contribution in [3.05, 3.63) is 70.9 Å². The number of carbonyl (C=O) groups excluding carboxylic acids is 1. The maximum Gasteiger partial charge on any atom is 0.281 e. The van der Waals surface area contributed by atoms with Crippen molar-refractivity contribution in [3.8, 4) is 11.5 Å². The Kier molecular flexibility index (Phi) is 3.09. The molecule has 1 heterocycles. The molecule has 0 radical (unpaired) electrons. The van der Waals surface area contributed by atoms with Gasteiger partial charge in [0.05, 0.1) is 10.9 Å². The second kappa shape index (κ2) is 5.27. The number of benzene rings is 3. The Hall–Kier alpha value is -3.54. The van der Waals surface area contributed by atoms with Gasteiger partial charge in [-0.3, -0.25) is 4.79 Å². The van der Waals surface area contributed by atoms with Gasteiger partial charge in [-0.2, -0.15) is 4.99 Å². The maximum absolute atomic E-state index is 12.5. The van der Waals surface area contributed by atoms with E-state index in [0.717, 1.165) is 5.39 Å². The average molecular weight is 317 g/mol. The lowest BCUT2D eigenvalue weighted by atomic mass is 10.0. The summed E-state index contributed by atoms with van der Waals surface area (Å²) < 4.78 is 0. The fraction of sp³-hybridized carbons (Fsp3) is 0. The molecule has 3 aromatic rings. The lowest BCUT2D eigenvalue weighted by Gasteiger charge is -2.04. The number of phenols is 2. The number of aliphatic imine (C=N–C) groups is 1. The highest BCUT2D eigenvalue weighted by Gasteiger charge is 2.14. The molecule has 6 heteroatoms. The molecule has 0 aromatic heterocycles. The van der Waals surface area contributed by atoms with Gasteiger partial charge < -0.3 is 10.2 Å². The summed E-state index contributed by atoms with van der Waals surface area (Å²) >= 11 is 0. The summed E-state index contributed by atoms with van der Waals surface area (Å²) in [4.78, 5) is 24.6. The summed E-state index contributed by atoms with van der Waals surface area (Å²) in [5, 5.41) is 21.7. The van der Waals surface area contributed by atoms with Crippen LogP contribution >= 0.6 is 0 Å². The van der Waals surface area contributed by atoms with Gasteiger partial charge in [-0.15, -0.1) is 0 Å². The van der Waals surface area contributed by atoms with E-state index >= 15 is 0 Å². The standard InChI is InChI=1S/C18H11N3O3/c22-11-8-10-4-1-2-5-12(10)13(9-11)17(24)21-18-19-14-6-3-7-15(23)16(14)20-18/h1-9,22-23H. The van der Waals surface area contributed by atoms with Crippen molar-refractivity contribution < 1.29 is 15.0 Å². The monoisotopic (exact) mass is 317 g/mol. The minimum Gasteiger partial charge on any atom is -0.508 e. The van der Waals surface area contributed by atoms with Crippen LogP contribution in [0.4, 0.5) is 0 Å². The summed E-state index contributed by atoms with van der Waals surface area (Å²) in [6, 6.07) is 15.0. The van der Waals surface area contributed by atoms with Crippen molar-refractivity contribution in [1.29, 1.82) is 0 Å². The predicted molar refractivity (Wildman–Crippen MR) is 87.8 cm³/mol. The molecule has 1 aliphatic heterocycles. The first-order valence-corrected chi connectivity index (χ1v) is 7.22. The van der Waals surface area contributed by atoms with Crippen molar-refractivity contribution in [2.24, 2.45) is 15.0 Å². The van der Waals surface area contributed by atoms with Crippen LogP contribution in [0, 0.1) is 0 Å². The zero-order chi connectivity index (χ0) is 16.7. The van der Waals surface area contributed by atoms with Gasteiger partial charge in [0.2, 0.25) is 0 Å². The third-order valence-electron chi connectivity index (χ3n) is 3.70. The first kappa shape index (κ1) is 14.1. The molecule has 116 valence electrons. The summed E-state index contributed by atoms with van der Waals surface area (Å²) in [5.41, 5.74) is 0.267. The van der Waals surface area contributed by atoms with Gasteiger partial charge in [0.25, 0.3) is 11.9 Å². The molecular formula is C18H11N3O3. The van der Waals surface area contributed by atoms with Crippen molar-refractivity contribution in [2.75, 3.05) is 0 Å². The second-order valence-electron chi connectivity index (χ2n) is 5.30. The lowest BCUT2D eigenvalue weighted by molar-refractivity contribution is 0.100. The van der Waals surface area contributed by atoms with Gasteiger partial charge in [0.1, 0.15) is 16.9 Å². The van der Waals surface area contributed by atoms with E-state index in [9.17, 15) is 15.0 Å². The second-order valence-corrected chi connectivity index (χ2v) is 5.30. The number of rotatable bonds is 1. The quantitative estimate of drug-likeness (QED) is 0.715. The molecule has 0 fully saturated rings. The molecule has 0 saturated carbocycles. The molecule has 0 bridgehead atoms. The Labute approximate surface area is 135 Å². The van der Waals surface area contributed by atoms with Gasteiger partial charge in [0.15, 0.2) is 0 Å². The molecule has 0 spiro atoms. The van der Waals surface area contributed by atoms with E-state index in [2.05, 4.69) is 15.0 Å². The summed E-state index contributed by atoms with van der Waals surface area (Å²) in [6.07, 6.45) is 0. The van der Waals surface area contributed by atoms with E-state index in [1.165, 1.54) is 12.1 Å². The largest absolute Gasteiger partial charge is 0.508 e. The molecule has 0 unspecified atom stereocenters. The van der Waals surface area contributed by atoms with Crippen LogP contribution in [0.15, 0.2) is 69.6 Å². The van der Waals surface area contributed by atoms with E-state index in [-0.39, 0.29) is 23.0 Å². The predicted octanol–water partition coefficient (Wildman–Crippen LogP) is 1.70. The van der Waals surface area contributed by atoms with Crippen molar-refractivity contribution in [1.82, 2.24) is 0 Å². The van der Waals surface area contributed by atoms with Crippen LogP contribution in [0.3, 0.4) is 0 Å². The minimum atomic E-state index is -0.558. The van der Waals surface area contributed by atoms with Gasteiger partial charge in [-0.05, 0) is 35.0 Å². The third kappa shape index (κ3) is 2.30. The summed E-state index contributed by atoms with van der Waals surface area (Å²) in [6.45, 7) is 0. The number of fused-ring (bicyclic) bond motifs is 2. The Morgan fingerprint density at radius 2 is 1.79 bits per heavy atom.